The minimum atomic E-state index is -0.744. The average molecular weight is 325 g/mol. The van der Waals surface area contributed by atoms with E-state index in [1.807, 2.05) is 54.6 Å². The van der Waals surface area contributed by atoms with Crippen LogP contribution in [0.1, 0.15) is 42.6 Å². The number of aryl methyl sites for hydroxylation is 1. The van der Waals surface area contributed by atoms with Crippen molar-refractivity contribution in [3.05, 3.63) is 71.3 Å². The SMILES string of the molecule is Cc1ccc([C@H](O)[C@H](C)N2CCC(O)(c3ccccc3)CC2)cc1. The van der Waals surface area contributed by atoms with E-state index in [9.17, 15) is 10.2 Å². The van der Waals surface area contributed by atoms with Crippen molar-refractivity contribution in [3.8, 4) is 0 Å². The van der Waals surface area contributed by atoms with Gasteiger partial charge in [-0.1, -0.05) is 60.2 Å². The fourth-order valence-electron chi connectivity index (χ4n) is 3.58. The highest BCUT2D eigenvalue weighted by Gasteiger charge is 2.36. The van der Waals surface area contributed by atoms with Crippen molar-refractivity contribution in [2.75, 3.05) is 13.1 Å². The molecule has 2 aromatic rings. The lowest BCUT2D eigenvalue weighted by molar-refractivity contribution is -0.0501. The molecule has 0 aromatic heterocycles. The first-order valence-electron chi connectivity index (χ1n) is 8.76. The minimum Gasteiger partial charge on any atom is -0.387 e. The summed E-state index contributed by atoms with van der Waals surface area (Å²) in [6.45, 7) is 5.69. The van der Waals surface area contributed by atoms with Crippen molar-refractivity contribution in [1.82, 2.24) is 4.90 Å². The van der Waals surface area contributed by atoms with E-state index in [0.717, 1.165) is 24.2 Å². The molecule has 2 N–H and O–H groups in total. The Morgan fingerprint density at radius 2 is 1.54 bits per heavy atom. The van der Waals surface area contributed by atoms with Gasteiger partial charge in [-0.05, 0) is 37.8 Å². The van der Waals surface area contributed by atoms with Crippen molar-refractivity contribution in [2.45, 2.75) is 44.4 Å². The number of hydrogen-bond donors (Lipinski definition) is 2. The Morgan fingerprint density at radius 1 is 0.958 bits per heavy atom. The Labute approximate surface area is 144 Å². The first-order valence-corrected chi connectivity index (χ1v) is 8.76. The molecule has 0 bridgehead atoms. The number of aliphatic hydroxyl groups excluding tert-OH is 1. The van der Waals surface area contributed by atoms with Crippen molar-refractivity contribution >= 4 is 0 Å². The highest BCUT2D eigenvalue weighted by Crippen LogP contribution is 2.34. The molecule has 128 valence electrons. The molecule has 0 amide bonds. The molecule has 1 heterocycles. The minimum absolute atomic E-state index is 0.0352. The molecule has 3 rings (SSSR count). The average Bonchev–Trinajstić information content (AvgIpc) is 2.62. The lowest BCUT2D eigenvalue weighted by Crippen LogP contribution is -2.47. The molecule has 3 nitrogen and oxygen atoms in total. The van der Waals surface area contributed by atoms with E-state index >= 15 is 0 Å². The maximum absolute atomic E-state index is 10.9. The Balaban J connectivity index is 1.64. The van der Waals surface area contributed by atoms with Crippen LogP contribution in [0.3, 0.4) is 0 Å². The van der Waals surface area contributed by atoms with E-state index in [1.165, 1.54) is 5.56 Å². The number of nitrogens with zero attached hydrogens (tertiary/aromatic N) is 1. The van der Waals surface area contributed by atoms with E-state index in [2.05, 4.69) is 18.7 Å². The van der Waals surface area contributed by atoms with Crippen molar-refractivity contribution in [2.24, 2.45) is 0 Å². The first kappa shape index (κ1) is 17.2. The summed E-state index contributed by atoms with van der Waals surface area (Å²) in [5.41, 5.74) is 2.41. The molecule has 0 unspecified atom stereocenters. The summed E-state index contributed by atoms with van der Waals surface area (Å²) in [5, 5.41) is 21.6. The predicted octanol–water partition coefficient (Wildman–Crippen LogP) is 3.40. The fraction of sp³-hybridized carbons (Fsp3) is 0.429. The number of aliphatic hydroxyl groups is 2. The zero-order valence-corrected chi connectivity index (χ0v) is 14.5. The topological polar surface area (TPSA) is 43.7 Å². The molecule has 24 heavy (non-hydrogen) atoms. The molecule has 1 fully saturated rings. The second-order valence-corrected chi connectivity index (χ2v) is 7.03. The van der Waals surface area contributed by atoms with E-state index in [1.54, 1.807) is 0 Å². The van der Waals surface area contributed by atoms with Crippen LogP contribution in [0.15, 0.2) is 54.6 Å². The summed E-state index contributed by atoms with van der Waals surface area (Å²) in [5.74, 6) is 0. The molecule has 0 spiro atoms. The van der Waals surface area contributed by atoms with Gasteiger partial charge < -0.3 is 10.2 Å². The summed E-state index contributed by atoms with van der Waals surface area (Å²) >= 11 is 0. The van der Waals surface area contributed by atoms with Crippen molar-refractivity contribution < 1.29 is 10.2 Å². The van der Waals surface area contributed by atoms with E-state index in [4.69, 9.17) is 0 Å². The standard InChI is InChI=1S/C21H27NO2/c1-16-8-10-18(11-9-16)20(23)17(2)22-14-12-21(24,13-15-22)19-6-4-3-5-7-19/h3-11,17,20,23-24H,12-15H2,1-2H3/t17-,20+/m0/s1. The second-order valence-electron chi connectivity index (χ2n) is 7.03. The van der Waals surface area contributed by atoms with Gasteiger partial charge >= 0.3 is 0 Å². The van der Waals surface area contributed by atoms with Gasteiger partial charge in [0.05, 0.1) is 11.7 Å². The lowest BCUT2D eigenvalue weighted by atomic mass is 9.83. The van der Waals surface area contributed by atoms with Crippen LogP contribution >= 0.6 is 0 Å². The third-order valence-corrected chi connectivity index (χ3v) is 5.39. The van der Waals surface area contributed by atoms with Crippen LogP contribution in [0.2, 0.25) is 0 Å². The van der Waals surface area contributed by atoms with Crippen LogP contribution in [0.4, 0.5) is 0 Å². The van der Waals surface area contributed by atoms with Crippen LogP contribution in [-0.4, -0.2) is 34.2 Å². The molecule has 1 aliphatic heterocycles. The summed E-state index contributed by atoms with van der Waals surface area (Å²) in [6.07, 6.45) is 0.887. The summed E-state index contributed by atoms with van der Waals surface area (Å²) < 4.78 is 0. The first-order chi connectivity index (χ1) is 11.5. The van der Waals surface area contributed by atoms with Gasteiger partial charge in [0.1, 0.15) is 0 Å². The van der Waals surface area contributed by atoms with Gasteiger partial charge in [-0.2, -0.15) is 0 Å². The van der Waals surface area contributed by atoms with Crippen LogP contribution in [0.5, 0.6) is 0 Å². The highest BCUT2D eigenvalue weighted by atomic mass is 16.3. The van der Waals surface area contributed by atoms with Crippen molar-refractivity contribution in [3.63, 3.8) is 0 Å². The highest BCUT2D eigenvalue weighted by molar-refractivity contribution is 5.25. The maximum Gasteiger partial charge on any atom is 0.0942 e. The zero-order valence-electron chi connectivity index (χ0n) is 14.5. The predicted molar refractivity (Wildman–Crippen MR) is 96.7 cm³/mol. The summed E-state index contributed by atoms with van der Waals surface area (Å²) in [7, 11) is 0. The van der Waals surface area contributed by atoms with Gasteiger partial charge in [0.25, 0.3) is 0 Å². The van der Waals surface area contributed by atoms with Gasteiger partial charge in [0, 0.05) is 19.1 Å². The molecular weight excluding hydrogens is 298 g/mol. The molecule has 0 aliphatic carbocycles. The quantitative estimate of drug-likeness (QED) is 0.905. The number of benzene rings is 2. The largest absolute Gasteiger partial charge is 0.387 e. The third kappa shape index (κ3) is 3.54. The summed E-state index contributed by atoms with van der Waals surface area (Å²) in [6, 6.07) is 18.0. The molecule has 2 atom stereocenters. The molecule has 2 aromatic carbocycles. The number of rotatable bonds is 4. The fourth-order valence-corrected chi connectivity index (χ4v) is 3.58. The monoisotopic (exact) mass is 325 g/mol. The van der Waals surface area contributed by atoms with Crippen LogP contribution in [-0.2, 0) is 5.60 Å². The van der Waals surface area contributed by atoms with Gasteiger partial charge in [0.15, 0.2) is 0 Å². The second kappa shape index (κ2) is 7.06. The molecule has 1 saturated heterocycles. The van der Waals surface area contributed by atoms with Crippen LogP contribution in [0.25, 0.3) is 0 Å². The zero-order chi connectivity index (χ0) is 17.2. The van der Waals surface area contributed by atoms with Gasteiger partial charge in [-0.3, -0.25) is 4.90 Å². The molecule has 0 saturated carbocycles. The summed E-state index contributed by atoms with van der Waals surface area (Å²) in [4.78, 5) is 2.28. The molecular formula is C21H27NO2. The van der Waals surface area contributed by atoms with Gasteiger partial charge in [-0.25, -0.2) is 0 Å². The Hall–Kier alpha value is -1.68. The number of likely N-dealkylation sites (tertiary alicyclic amines) is 1. The van der Waals surface area contributed by atoms with Crippen LogP contribution in [0, 0.1) is 6.92 Å². The molecule has 1 aliphatic rings. The number of hydrogen-bond acceptors (Lipinski definition) is 3. The van der Waals surface area contributed by atoms with Crippen LogP contribution < -0.4 is 0 Å². The maximum atomic E-state index is 10.9. The van der Waals surface area contributed by atoms with E-state index in [-0.39, 0.29) is 6.04 Å². The number of piperidine rings is 1. The smallest absolute Gasteiger partial charge is 0.0942 e. The van der Waals surface area contributed by atoms with E-state index in [0.29, 0.717) is 12.8 Å². The van der Waals surface area contributed by atoms with Crippen molar-refractivity contribution in [1.29, 1.82) is 0 Å². The third-order valence-electron chi connectivity index (χ3n) is 5.39. The van der Waals surface area contributed by atoms with Gasteiger partial charge in [0.2, 0.25) is 0 Å². The Kier molecular flexibility index (Phi) is 5.04. The van der Waals surface area contributed by atoms with Gasteiger partial charge in [-0.15, -0.1) is 0 Å². The Bertz CT molecular complexity index is 645. The lowest BCUT2D eigenvalue weighted by Gasteiger charge is -2.42. The normalized spacial score (nSPS) is 20.5. The Morgan fingerprint density at radius 3 is 2.12 bits per heavy atom. The van der Waals surface area contributed by atoms with E-state index < -0.39 is 11.7 Å². The molecule has 3 heteroatoms. The molecule has 0 radical (unpaired) electrons.